The van der Waals surface area contributed by atoms with E-state index in [0.717, 1.165) is 23.3 Å². The van der Waals surface area contributed by atoms with Gasteiger partial charge in [0.1, 0.15) is 0 Å². The normalized spacial score (nSPS) is 24.7. The molecule has 124 heavy (non-hydrogen) atoms. The average Bonchev–Trinajstić information content (AvgIpc) is 1.55. The molecule has 2 saturated carbocycles. The Morgan fingerprint density at radius 1 is 0.226 bits per heavy atom. The van der Waals surface area contributed by atoms with Crippen LogP contribution in [0.1, 0.15) is 169 Å². The number of fused-ring (bicyclic) bond motifs is 12. The lowest BCUT2D eigenvalue weighted by Gasteiger charge is -2.33. The molecular weight excluding hydrogens is 1660 g/mol. The quantitative estimate of drug-likeness (QED) is 0.131. The number of cyclic esters (lactones) is 24. The molecule has 0 radical (unpaired) electrons. The Labute approximate surface area is 688 Å². The number of rotatable bonds is 6. The van der Waals surface area contributed by atoms with Gasteiger partial charge < -0.3 is 65.7 Å². The fourth-order valence-corrected chi connectivity index (χ4v) is 15.4. The highest BCUT2D eigenvalue weighted by atomic mass is 16.6. The van der Waals surface area contributed by atoms with E-state index >= 15 is 0 Å². The van der Waals surface area contributed by atoms with Crippen LogP contribution in [-0.4, -0.2) is 143 Å². The summed E-state index contributed by atoms with van der Waals surface area (Å²) < 4.78 is 61.7. The molecule has 8 unspecified atom stereocenters. The smallest absolute Gasteiger partial charge is 0.346 e. The largest absolute Gasteiger partial charge is 0.393 e. The third kappa shape index (κ3) is 16.3. The van der Waals surface area contributed by atoms with Crippen LogP contribution in [0, 0.1) is 71.0 Å². The van der Waals surface area contributed by atoms with Crippen LogP contribution < -0.4 is 22.5 Å². The number of furan rings is 2. The Morgan fingerprint density at radius 2 is 0.468 bits per heavy atom. The zero-order valence-corrected chi connectivity index (χ0v) is 59.8. The molecule has 0 bridgehead atoms. The molecule has 0 N–H and O–H groups in total. The lowest BCUT2D eigenvalue weighted by molar-refractivity contribution is -0.158. The Kier molecular flexibility index (Phi) is 24.4. The summed E-state index contributed by atoms with van der Waals surface area (Å²) in [5, 5.41) is -0.0726. The second kappa shape index (κ2) is 34.1. The van der Waals surface area contributed by atoms with Gasteiger partial charge in [0.05, 0.1) is 163 Å². The number of benzene rings is 5. The molecule has 8 saturated heterocycles. The predicted molar refractivity (Wildman–Crippen MR) is 390 cm³/mol. The maximum absolute atomic E-state index is 11.6. The van der Waals surface area contributed by atoms with Crippen molar-refractivity contribution in [3.63, 3.8) is 0 Å². The zero-order valence-electron chi connectivity index (χ0n) is 59.8. The highest BCUT2D eigenvalue weighted by Crippen LogP contribution is 2.55. The van der Waals surface area contributed by atoms with Crippen molar-refractivity contribution in [2.24, 2.45) is 71.0 Å². The molecule has 10 fully saturated rings. The van der Waals surface area contributed by atoms with Gasteiger partial charge in [-0.15, -0.1) is 0 Å². The standard InChI is InChI=1S/C17H8O6.C16H6O6.C10H8O6.C10H2O6.C9H8O6.C8H4O6.C8H6O6.4CH4/c18-14-10-3-1-8(6-12(10)16(20)22-14)5-9-2-4-11-13(7-9)17(21)23-15(11)19;17-13-9-3-1-7(5-11(9)15(19)21-13)8-2-4-10-12(6-8)16(20)22-14(10)18;2*11-7-3-1-4-6(10(14)16-8(4)12)2-5(3)9(13)15-7;10-6-2-4(8(12)14-6)1-5-3-7(11)15-9(5)13;9-5-1-2(6(10)13-5)4-3(1)7(11)14-8(4)12;9-5-1-3(7(11)13-5)4-2-6(10)14-8(4)12;;;;/h1-4,6-7H,5H2;1-6H;3-6H,1-2H2;1-2H;4-5H,1-3H2;1-4H;3-4H,1-2H2;4*1H4. The van der Waals surface area contributed by atoms with E-state index in [1.165, 1.54) is 24.3 Å². The molecule has 0 spiro atoms. The molecule has 2 aromatic heterocycles. The Bertz CT molecular complexity index is 5770. The summed E-state index contributed by atoms with van der Waals surface area (Å²) in [4.78, 5) is 314. The summed E-state index contributed by atoms with van der Waals surface area (Å²) in [6.07, 6.45) is 0.624. The average molecular weight is 1720 g/mol. The number of hydrogen-bond acceptors (Lipinski definition) is 42. The van der Waals surface area contributed by atoms with E-state index in [4.69, 9.17) is 0 Å². The molecule has 5 aromatic carbocycles. The highest BCUT2D eigenvalue weighted by Gasteiger charge is 2.73. The first-order valence-electron chi connectivity index (χ1n) is 35.3. The Balaban J connectivity index is 0.000000141. The zero-order chi connectivity index (χ0) is 85.8. The van der Waals surface area contributed by atoms with Crippen molar-refractivity contribution in [1.82, 2.24) is 0 Å². The number of ether oxygens (including phenoxy) is 12. The minimum atomic E-state index is -0.846. The van der Waals surface area contributed by atoms with Gasteiger partial charge in [-0.2, -0.15) is 0 Å². The van der Waals surface area contributed by atoms with E-state index in [0.29, 0.717) is 17.5 Å². The fraction of sp³-hybridized carbons (Fsp3) is 0.293. The van der Waals surface area contributed by atoms with E-state index in [9.17, 15) is 134 Å². The van der Waals surface area contributed by atoms with Crippen molar-refractivity contribution in [2.75, 3.05) is 0 Å². The minimum absolute atomic E-state index is 0. The molecule has 12 aliphatic heterocycles. The van der Waals surface area contributed by atoms with Gasteiger partial charge in [0, 0.05) is 0 Å². The molecular formula is C82H58O42. The molecule has 8 atom stereocenters. The van der Waals surface area contributed by atoms with E-state index in [2.05, 4.69) is 65.7 Å². The lowest BCUT2D eigenvalue weighted by Crippen LogP contribution is -2.50. The van der Waals surface area contributed by atoms with E-state index < -0.39 is 237 Å². The van der Waals surface area contributed by atoms with Crippen LogP contribution in [0.3, 0.4) is 0 Å². The summed E-state index contributed by atoms with van der Waals surface area (Å²) >= 11 is 0. The van der Waals surface area contributed by atoms with Crippen LogP contribution in [-0.2, 0) is 140 Å². The van der Waals surface area contributed by atoms with Crippen molar-refractivity contribution in [3.05, 3.63) is 182 Å². The lowest BCUT2D eigenvalue weighted by atomic mass is 9.59. The maximum Gasteiger partial charge on any atom is 0.346 e. The van der Waals surface area contributed by atoms with Gasteiger partial charge in [0.2, 0.25) is 0 Å². The van der Waals surface area contributed by atoms with Crippen LogP contribution in [0.4, 0.5) is 0 Å². The first-order chi connectivity index (χ1) is 57.0. The summed E-state index contributed by atoms with van der Waals surface area (Å²) in [5.41, 5.74) is 1.30. The van der Waals surface area contributed by atoms with Crippen LogP contribution in [0.15, 0.2) is 113 Å². The molecule has 638 valence electrons. The second-order valence-electron chi connectivity index (χ2n) is 28.3. The first kappa shape index (κ1) is 88.9. The monoisotopic (exact) mass is 1710 g/mol. The third-order valence-electron chi connectivity index (χ3n) is 21.3. The first-order valence-corrected chi connectivity index (χ1v) is 35.3. The summed E-state index contributed by atoms with van der Waals surface area (Å²) in [6.45, 7) is 0. The van der Waals surface area contributed by atoms with Gasteiger partial charge in [-0.25, -0.2) is 57.5 Å². The van der Waals surface area contributed by atoms with Crippen molar-refractivity contribution in [1.29, 1.82) is 0 Å². The number of esters is 24. The molecule has 21 rings (SSSR count). The summed E-state index contributed by atoms with van der Waals surface area (Å²) in [7, 11) is 0. The maximum atomic E-state index is 11.6. The van der Waals surface area contributed by atoms with E-state index in [1.807, 2.05) is 0 Å². The number of hydrogen-bond donors (Lipinski definition) is 0. The van der Waals surface area contributed by atoms with Crippen LogP contribution in [0.5, 0.6) is 0 Å². The number of carbonyl (C=O) groups is 24. The van der Waals surface area contributed by atoms with E-state index in [-0.39, 0.29) is 141 Å². The van der Waals surface area contributed by atoms with Gasteiger partial charge >= 0.3 is 166 Å². The number of carbonyl (C=O) groups excluding carboxylic acids is 24. The third-order valence-corrected chi connectivity index (χ3v) is 21.3. The van der Waals surface area contributed by atoms with Crippen molar-refractivity contribution in [2.45, 2.75) is 81.1 Å². The minimum Gasteiger partial charge on any atom is -0.393 e. The van der Waals surface area contributed by atoms with Crippen LogP contribution in [0.2, 0.25) is 0 Å². The van der Waals surface area contributed by atoms with Crippen molar-refractivity contribution < 1.29 is 181 Å². The molecule has 0 amide bonds. The molecule has 7 aromatic rings. The Hall–Kier alpha value is -15.9. The van der Waals surface area contributed by atoms with Gasteiger partial charge in [-0.05, 0) is 109 Å². The highest BCUT2D eigenvalue weighted by molar-refractivity contribution is 6.18. The van der Waals surface area contributed by atoms with Crippen molar-refractivity contribution in [3.8, 4) is 11.1 Å². The molecule has 14 heterocycles. The molecule has 42 heteroatoms. The molecule has 2 aliphatic carbocycles. The fourth-order valence-electron chi connectivity index (χ4n) is 15.4. The summed E-state index contributed by atoms with van der Waals surface area (Å²) in [5.74, 6) is -24.1. The van der Waals surface area contributed by atoms with Crippen molar-refractivity contribution >= 4 is 165 Å². The van der Waals surface area contributed by atoms with Gasteiger partial charge in [-0.1, -0.05) is 54.0 Å². The predicted octanol–water partition coefficient (Wildman–Crippen LogP) is 2.68. The van der Waals surface area contributed by atoms with Gasteiger partial charge in [0.25, 0.3) is 0 Å². The summed E-state index contributed by atoms with van der Waals surface area (Å²) in [6, 6.07) is 21.3. The topological polar surface area (TPSA) is 615 Å². The second-order valence-corrected chi connectivity index (χ2v) is 28.3. The SMILES string of the molecule is C.C.C.C.O=C1CC(C2CC(=O)OC2=O)C(=O)O1.O=C1CC(CC2CC(=O)OC2=O)C(=O)O1.O=C1OC(=O)C2C1C1C(=O)OC(=O)C21.O=C1OC(=O)C2CC3C(=O)OC(=O)C3CC12.O=C1OC(=O)c2cc(-c3ccc4c(c3)C(=O)OC4=O)ccc21.O=C1OC(=O)c2cc(Cc3ccc4c(c3)C(=O)OC4=O)ccc21.O=c1oc(=O)c2cc3c(=O)oc(=O)c3cc12. The van der Waals surface area contributed by atoms with Gasteiger partial charge in [0.15, 0.2) is 0 Å². The molecule has 14 aliphatic rings. The van der Waals surface area contributed by atoms with Gasteiger partial charge in [-0.3, -0.25) is 76.7 Å². The van der Waals surface area contributed by atoms with E-state index in [1.54, 1.807) is 48.5 Å². The van der Waals surface area contributed by atoms with Crippen LogP contribution >= 0.6 is 0 Å². The Morgan fingerprint density at radius 3 is 0.734 bits per heavy atom. The van der Waals surface area contributed by atoms with Crippen LogP contribution in [0.25, 0.3) is 32.7 Å². The molecule has 42 nitrogen and oxygen atoms in total.